The van der Waals surface area contributed by atoms with Crippen molar-refractivity contribution in [1.29, 1.82) is 0 Å². The van der Waals surface area contributed by atoms with E-state index in [0.29, 0.717) is 17.6 Å². The van der Waals surface area contributed by atoms with Crippen LogP contribution in [0.2, 0.25) is 0 Å². The molecule has 0 saturated carbocycles. The second-order valence-corrected chi connectivity index (χ2v) is 9.32. The molecule has 0 fully saturated rings. The molecular formula is C30H30N4O3. The molecular weight excluding hydrogens is 464 g/mol. The van der Waals surface area contributed by atoms with Crippen LogP contribution in [0.15, 0.2) is 90.0 Å². The second-order valence-electron chi connectivity index (χ2n) is 9.32. The minimum Gasteiger partial charge on any atom is -0.497 e. The van der Waals surface area contributed by atoms with Crippen LogP contribution >= 0.6 is 0 Å². The maximum Gasteiger partial charge on any atom is 0.278 e. The van der Waals surface area contributed by atoms with Gasteiger partial charge in [-0.2, -0.15) is 0 Å². The number of carbonyl (C=O) groups is 1. The van der Waals surface area contributed by atoms with Gasteiger partial charge in [0.25, 0.3) is 5.56 Å². The molecule has 0 aliphatic rings. The van der Waals surface area contributed by atoms with Gasteiger partial charge in [-0.05, 0) is 49.1 Å². The third-order valence-corrected chi connectivity index (χ3v) is 6.66. The molecule has 5 aromatic rings. The van der Waals surface area contributed by atoms with Crippen molar-refractivity contribution >= 4 is 27.8 Å². The van der Waals surface area contributed by atoms with Crippen LogP contribution in [0.5, 0.6) is 5.75 Å². The van der Waals surface area contributed by atoms with E-state index in [9.17, 15) is 9.59 Å². The van der Waals surface area contributed by atoms with Gasteiger partial charge in [0.05, 0.1) is 25.5 Å². The minimum absolute atomic E-state index is 0.00523. The maximum atomic E-state index is 13.7. The topological polar surface area (TPSA) is 78.2 Å². The summed E-state index contributed by atoms with van der Waals surface area (Å²) in [5, 5.41) is 3.96. The van der Waals surface area contributed by atoms with Crippen LogP contribution < -0.4 is 15.6 Å². The Morgan fingerprint density at radius 1 is 0.973 bits per heavy atom. The van der Waals surface area contributed by atoms with Crippen molar-refractivity contribution in [2.24, 2.45) is 0 Å². The molecule has 7 heteroatoms. The number of rotatable bonds is 9. The fourth-order valence-corrected chi connectivity index (χ4v) is 4.72. The van der Waals surface area contributed by atoms with Gasteiger partial charge in [0, 0.05) is 11.4 Å². The zero-order valence-corrected chi connectivity index (χ0v) is 21.1. The number of aromatic nitrogens is 3. The first-order valence-electron chi connectivity index (χ1n) is 12.5. The summed E-state index contributed by atoms with van der Waals surface area (Å²) in [6, 6.07) is 25.5. The summed E-state index contributed by atoms with van der Waals surface area (Å²) in [5.74, 6) is 0.627. The molecule has 0 aliphatic heterocycles. The molecule has 2 aromatic heterocycles. The first-order chi connectivity index (χ1) is 18.0. The molecule has 3 aromatic carbocycles. The lowest BCUT2D eigenvalue weighted by molar-refractivity contribution is -0.122. The lowest BCUT2D eigenvalue weighted by atomic mass is 10.1. The van der Waals surface area contributed by atoms with E-state index in [2.05, 4.69) is 22.4 Å². The molecule has 0 spiro atoms. The van der Waals surface area contributed by atoms with E-state index in [1.807, 2.05) is 73.7 Å². The molecule has 5 rings (SSSR count). The Morgan fingerprint density at radius 3 is 2.46 bits per heavy atom. The summed E-state index contributed by atoms with van der Waals surface area (Å²) in [4.78, 5) is 31.4. The van der Waals surface area contributed by atoms with Crippen LogP contribution in [0.3, 0.4) is 0 Å². The van der Waals surface area contributed by atoms with Gasteiger partial charge < -0.3 is 14.6 Å². The standard InChI is InChI=1S/C30H30N4O3/c1-21(12-13-22-8-4-3-5-9-22)32-27(35)19-34-26-11-7-6-10-25(26)28-29(34)30(36)33(20-31-28)18-23-14-16-24(37-2)17-15-23/h3-11,14-17,20-21H,12-13,18-19H2,1-2H3,(H,32,35)/t21-/m0/s1. The van der Waals surface area contributed by atoms with Crippen molar-refractivity contribution < 1.29 is 9.53 Å². The summed E-state index contributed by atoms with van der Waals surface area (Å²) in [7, 11) is 1.62. The number of carbonyl (C=O) groups excluding carboxylic acids is 1. The summed E-state index contributed by atoms with van der Waals surface area (Å²) in [6.07, 6.45) is 3.30. The lowest BCUT2D eigenvalue weighted by Gasteiger charge is -2.15. The Labute approximate surface area is 215 Å². The van der Waals surface area contributed by atoms with Crippen molar-refractivity contribution in [2.75, 3.05) is 7.11 Å². The number of fused-ring (bicyclic) bond motifs is 3. The van der Waals surface area contributed by atoms with Gasteiger partial charge in [-0.1, -0.05) is 60.7 Å². The third kappa shape index (κ3) is 5.26. The molecule has 37 heavy (non-hydrogen) atoms. The predicted molar refractivity (Wildman–Crippen MR) is 146 cm³/mol. The van der Waals surface area contributed by atoms with Gasteiger partial charge >= 0.3 is 0 Å². The van der Waals surface area contributed by atoms with Crippen molar-refractivity contribution in [3.63, 3.8) is 0 Å². The fraction of sp³-hybridized carbons (Fsp3) is 0.233. The quantitative estimate of drug-likeness (QED) is 0.326. The van der Waals surface area contributed by atoms with E-state index in [1.54, 1.807) is 22.6 Å². The zero-order valence-electron chi connectivity index (χ0n) is 21.1. The zero-order chi connectivity index (χ0) is 25.8. The number of hydrogen-bond donors (Lipinski definition) is 1. The smallest absolute Gasteiger partial charge is 0.278 e. The predicted octanol–water partition coefficient (Wildman–Crippen LogP) is 4.55. The van der Waals surface area contributed by atoms with Crippen LogP contribution in [0.1, 0.15) is 24.5 Å². The average molecular weight is 495 g/mol. The van der Waals surface area contributed by atoms with Crippen molar-refractivity contribution in [3.8, 4) is 5.75 Å². The summed E-state index contributed by atoms with van der Waals surface area (Å²) in [5.41, 5.74) is 3.88. The van der Waals surface area contributed by atoms with Gasteiger partial charge in [0.15, 0.2) is 0 Å². The monoisotopic (exact) mass is 494 g/mol. The summed E-state index contributed by atoms with van der Waals surface area (Å²) in [6.45, 7) is 2.43. The Hall–Kier alpha value is -4.39. The Balaban J connectivity index is 1.41. The van der Waals surface area contributed by atoms with Gasteiger partial charge in [0.2, 0.25) is 5.91 Å². The van der Waals surface area contributed by atoms with Crippen molar-refractivity contribution in [1.82, 2.24) is 19.4 Å². The normalized spacial score (nSPS) is 12.1. The number of ether oxygens (including phenoxy) is 1. The number of para-hydroxylation sites is 1. The molecule has 0 radical (unpaired) electrons. The molecule has 188 valence electrons. The maximum absolute atomic E-state index is 13.7. The number of amides is 1. The van der Waals surface area contributed by atoms with E-state index in [4.69, 9.17) is 4.74 Å². The van der Waals surface area contributed by atoms with Crippen molar-refractivity contribution in [3.05, 3.63) is 107 Å². The summed E-state index contributed by atoms with van der Waals surface area (Å²) < 4.78 is 8.61. The highest BCUT2D eigenvalue weighted by Crippen LogP contribution is 2.25. The van der Waals surface area contributed by atoms with Crippen LogP contribution in [0, 0.1) is 0 Å². The lowest BCUT2D eigenvalue weighted by Crippen LogP contribution is -2.36. The van der Waals surface area contributed by atoms with E-state index < -0.39 is 0 Å². The van der Waals surface area contributed by atoms with E-state index in [0.717, 1.165) is 35.1 Å². The van der Waals surface area contributed by atoms with E-state index >= 15 is 0 Å². The highest BCUT2D eigenvalue weighted by molar-refractivity contribution is 6.06. The second kappa shape index (κ2) is 10.7. The van der Waals surface area contributed by atoms with Crippen LogP contribution in [-0.4, -0.2) is 33.2 Å². The molecule has 0 aliphatic carbocycles. The molecule has 7 nitrogen and oxygen atoms in total. The molecule has 1 amide bonds. The molecule has 0 saturated heterocycles. The highest BCUT2D eigenvalue weighted by atomic mass is 16.5. The first-order valence-corrected chi connectivity index (χ1v) is 12.5. The first kappa shape index (κ1) is 24.3. The number of nitrogens with zero attached hydrogens (tertiary/aromatic N) is 3. The number of aryl methyl sites for hydroxylation is 1. The van der Waals surface area contributed by atoms with Gasteiger partial charge in [0.1, 0.15) is 23.3 Å². The number of methoxy groups -OCH3 is 1. The fourth-order valence-electron chi connectivity index (χ4n) is 4.72. The van der Waals surface area contributed by atoms with E-state index in [-0.39, 0.29) is 24.1 Å². The van der Waals surface area contributed by atoms with E-state index in [1.165, 1.54) is 5.56 Å². The Kier molecular flexibility index (Phi) is 7.03. The molecule has 0 bridgehead atoms. The largest absolute Gasteiger partial charge is 0.497 e. The third-order valence-electron chi connectivity index (χ3n) is 6.66. The minimum atomic E-state index is -0.179. The molecule has 1 atom stereocenters. The number of benzene rings is 3. The highest BCUT2D eigenvalue weighted by Gasteiger charge is 2.19. The number of nitrogens with one attached hydrogen (secondary N) is 1. The molecule has 1 N–H and O–H groups in total. The Morgan fingerprint density at radius 2 is 1.70 bits per heavy atom. The van der Waals surface area contributed by atoms with Crippen molar-refractivity contribution in [2.45, 2.75) is 38.9 Å². The van der Waals surface area contributed by atoms with Gasteiger partial charge in [-0.25, -0.2) is 4.98 Å². The van der Waals surface area contributed by atoms with Crippen LogP contribution in [0.25, 0.3) is 21.9 Å². The van der Waals surface area contributed by atoms with Crippen LogP contribution in [-0.2, 0) is 24.3 Å². The van der Waals surface area contributed by atoms with Crippen LogP contribution in [0.4, 0.5) is 0 Å². The van der Waals surface area contributed by atoms with Gasteiger partial charge in [-0.3, -0.25) is 14.2 Å². The molecule has 2 heterocycles. The summed E-state index contributed by atoms with van der Waals surface area (Å²) >= 11 is 0. The Bertz CT molecular complexity index is 1590. The SMILES string of the molecule is COc1ccc(Cn2cnc3c4ccccc4n(CC(=O)N[C@@H](C)CCc4ccccc4)c3c2=O)cc1. The van der Waals surface area contributed by atoms with Gasteiger partial charge in [-0.15, -0.1) is 0 Å². The number of hydrogen-bond acceptors (Lipinski definition) is 4. The average Bonchev–Trinajstić information content (AvgIpc) is 3.24. The molecule has 0 unspecified atom stereocenters.